The van der Waals surface area contributed by atoms with Gasteiger partial charge in [0.1, 0.15) is 12.4 Å². The van der Waals surface area contributed by atoms with Crippen LogP contribution in [0.25, 0.3) is 0 Å². The summed E-state index contributed by atoms with van der Waals surface area (Å²) in [6, 6.07) is 15.8. The van der Waals surface area contributed by atoms with E-state index in [0.717, 1.165) is 38.7 Å². The summed E-state index contributed by atoms with van der Waals surface area (Å²) >= 11 is 5.12. The van der Waals surface area contributed by atoms with Crippen LogP contribution in [0.5, 0.6) is 5.75 Å². The predicted molar refractivity (Wildman–Crippen MR) is 123 cm³/mol. The summed E-state index contributed by atoms with van der Waals surface area (Å²) in [4.78, 5) is 4.38. The Hall–Kier alpha value is -2.32. The molecule has 0 aliphatic heterocycles. The molecule has 3 rings (SSSR count). The number of hydrazone groups is 1. The Labute approximate surface area is 183 Å². The van der Waals surface area contributed by atoms with Crippen LogP contribution in [0.2, 0.25) is 0 Å². The molecule has 0 aliphatic carbocycles. The van der Waals surface area contributed by atoms with Crippen LogP contribution in [-0.4, -0.2) is 27.1 Å². The summed E-state index contributed by atoms with van der Waals surface area (Å²) in [5, 5.41) is 12.0. The number of rotatable bonds is 10. The number of para-hydroxylation sites is 1. The molecule has 0 saturated heterocycles. The number of ether oxygens (including phenoxy) is 1. The van der Waals surface area contributed by atoms with Crippen molar-refractivity contribution in [3.05, 3.63) is 64.1 Å². The number of thioether (sulfide) groups is 1. The largest absolute Gasteiger partial charge is 0.488 e. The average Bonchev–Trinajstić information content (AvgIpc) is 3.15. The van der Waals surface area contributed by atoms with Crippen LogP contribution in [0.1, 0.15) is 31.4 Å². The van der Waals surface area contributed by atoms with E-state index in [1.165, 1.54) is 0 Å². The van der Waals surface area contributed by atoms with E-state index in [1.807, 2.05) is 48.5 Å². The lowest BCUT2D eigenvalue weighted by Gasteiger charge is -2.09. The SMILES string of the molecule is CC(C)CCSc1n[nH]c(N/N=C/c2ccccc2OCc2cccc(Br)c2)n1. The lowest BCUT2D eigenvalue weighted by molar-refractivity contribution is 0.305. The van der Waals surface area contributed by atoms with Gasteiger partial charge in [0.05, 0.1) is 6.21 Å². The zero-order valence-electron chi connectivity index (χ0n) is 16.4. The van der Waals surface area contributed by atoms with Crippen molar-refractivity contribution < 1.29 is 4.74 Å². The molecule has 2 N–H and O–H groups in total. The van der Waals surface area contributed by atoms with Gasteiger partial charge in [-0.25, -0.2) is 10.5 Å². The van der Waals surface area contributed by atoms with Crippen molar-refractivity contribution in [2.75, 3.05) is 11.2 Å². The minimum atomic E-state index is 0.483. The first-order chi connectivity index (χ1) is 14.1. The number of aromatic amines is 1. The van der Waals surface area contributed by atoms with Crippen LogP contribution in [0.15, 0.2) is 63.3 Å². The van der Waals surface area contributed by atoms with Crippen molar-refractivity contribution in [3.63, 3.8) is 0 Å². The number of hydrogen-bond acceptors (Lipinski definition) is 6. The third-order valence-electron chi connectivity index (χ3n) is 3.97. The fraction of sp³-hybridized carbons (Fsp3) is 0.286. The van der Waals surface area contributed by atoms with Crippen molar-refractivity contribution in [2.45, 2.75) is 32.0 Å². The molecule has 6 nitrogen and oxygen atoms in total. The Kier molecular flexibility index (Phi) is 8.13. The predicted octanol–water partition coefficient (Wildman–Crippen LogP) is 5.73. The van der Waals surface area contributed by atoms with Crippen LogP contribution in [0.3, 0.4) is 0 Å². The van der Waals surface area contributed by atoms with E-state index in [0.29, 0.717) is 18.5 Å². The fourth-order valence-corrected chi connectivity index (χ4v) is 3.90. The zero-order valence-corrected chi connectivity index (χ0v) is 18.8. The third kappa shape index (κ3) is 7.21. The second kappa shape index (κ2) is 11.0. The van der Waals surface area contributed by atoms with Gasteiger partial charge in [-0.1, -0.05) is 65.8 Å². The van der Waals surface area contributed by atoms with Gasteiger partial charge in [0.2, 0.25) is 11.1 Å². The van der Waals surface area contributed by atoms with Crippen LogP contribution in [-0.2, 0) is 6.61 Å². The Balaban J connectivity index is 1.55. The highest BCUT2D eigenvalue weighted by Crippen LogP contribution is 2.20. The van der Waals surface area contributed by atoms with Gasteiger partial charge in [0.15, 0.2) is 0 Å². The van der Waals surface area contributed by atoms with Crippen LogP contribution >= 0.6 is 27.7 Å². The molecule has 0 saturated carbocycles. The van der Waals surface area contributed by atoms with E-state index in [2.05, 4.69) is 55.5 Å². The molecule has 0 spiro atoms. The summed E-state index contributed by atoms with van der Waals surface area (Å²) in [5.74, 6) is 2.96. The van der Waals surface area contributed by atoms with Gasteiger partial charge >= 0.3 is 0 Å². The van der Waals surface area contributed by atoms with Gasteiger partial charge in [-0.2, -0.15) is 10.1 Å². The van der Waals surface area contributed by atoms with E-state index >= 15 is 0 Å². The maximum atomic E-state index is 5.97. The summed E-state index contributed by atoms with van der Waals surface area (Å²) < 4.78 is 7.00. The topological polar surface area (TPSA) is 75.2 Å². The molecular weight excluding hydrogens is 450 g/mol. The summed E-state index contributed by atoms with van der Waals surface area (Å²) in [6.07, 6.45) is 2.85. The first-order valence-corrected chi connectivity index (χ1v) is 11.2. The van der Waals surface area contributed by atoms with Crippen molar-refractivity contribution >= 4 is 39.9 Å². The maximum Gasteiger partial charge on any atom is 0.240 e. The van der Waals surface area contributed by atoms with E-state index in [4.69, 9.17) is 4.74 Å². The van der Waals surface area contributed by atoms with Crippen molar-refractivity contribution in [1.82, 2.24) is 15.2 Å². The highest BCUT2D eigenvalue weighted by Gasteiger charge is 2.05. The van der Waals surface area contributed by atoms with E-state index in [9.17, 15) is 0 Å². The number of hydrogen-bond donors (Lipinski definition) is 2. The maximum absolute atomic E-state index is 5.97. The Morgan fingerprint density at radius 1 is 1.24 bits per heavy atom. The summed E-state index contributed by atoms with van der Waals surface area (Å²) in [5.41, 5.74) is 4.85. The second-order valence-electron chi connectivity index (χ2n) is 6.82. The number of nitrogens with one attached hydrogen (secondary N) is 2. The molecular formula is C21H24BrN5OS. The highest BCUT2D eigenvalue weighted by atomic mass is 79.9. The Bertz CT molecular complexity index is 944. The fourth-order valence-electron chi connectivity index (χ4n) is 2.42. The molecule has 0 fully saturated rings. The van der Waals surface area contributed by atoms with Gasteiger partial charge in [-0.15, -0.1) is 5.10 Å². The van der Waals surface area contributed by atoms with E-state index < -0.39 is 0 Å². The first-order valence-electron chi connectivity index (χ1n) is 9.40. The number of benzene rings is 2. The number of aromatic nitrogens is 3. The molecule has 0 atom stereocenters. The van der Waals surface area contributed by atoms with Gasteiger partial charge in [-0.05, 0) is 42.2 Å². The molecule has 1 aromatic heterocycles. The van der Waals surface area contributed by atoms with Crippen molar-refractivity contribution in [3.8, 4) is 5.75 Å². The van der Waals surface area contributed by atoms with Crippen LogP contribution in [0, 0.1) is 5.92 Å². The first kappa shape index (κ1) is 21.4. The Morgan fingerprint density at radius 3 is 2.93 bits per heavy atom. The molecule has 8 heteroatoms. The number of H-pyrrole nitrogens is 1. The van der Waals surface area contributed by atoms with Crippen LogP contribution in [0.4, 0.5) is 5.95 Å². The lowest BCUT2D eigenvalue weighted by atomic mass is 10.2. The van der Waals surface area contributed by atoms with E-state index in [-0.39, 0.29) is 0 Å². The minimum Gasteiger partial charge on any atom is -0.488 e. The minimum absolute atomic E-state index is 0.483. The second-order valence-corrected chi connectivity index (χ2v) is 8.80. The molecule has 0 bridgehead atoms. The molecule has 0 amide bonds. The average molecular weight is 474 g/mol. The normalized spacial score (nSPS) is 11.3. The van der Waals surface area contributed by atoms with Crippen LogP contribution < -0.4 is 10.2 Å². The number of halogens is 1. The molecule has 29 heavy (non-hydrogen) atoms. The monoisotopic (exact) mass is 473 g/mol. The molecule has 1 heterocycles. The summed E-state index contributed by atoms with van der Waals surface area (Å²) in [6.45, 7) is 4.90. The smallest absolute Gasteiger partial charge is 0.240 e. The van der Waals surface area contributed by atoms with Gasteiger partial charge < -0.3 is 4.74 Å². The molecule has 0 unspecified atom stereocenters. The summed E-state index contributed by atoms with van der Waals surface area (Å²) in [7, 11) is 0. The standard InChI is InChI=1S/C21H24BrN5OS/c1-15(2)10-11-29-21-24-20(26-27-21)25-23-13-17-7-3-4-9-19(17)28-14-16-6-5-8-18(22)12-16/h3-9,12-13,15H,10-11,14H2,1-2H3,(H2,24,25,26,27)/b23-13+. The number of anilines is 1. The Morgan fingerprint density at radius 2 is 2.10 bits per heavy atom. The van der Waals surface area contributed by atoms with Gasteiger partial charge in [0, 0.05) is 15.8 Å². The lowest BCUT2D eigenvalue weighted by Crippen LogP contribution is -1.99. The van der Waals surface area contributed by atoms with Gasteiger partial charge in [-0.3, -0.25) is 0 Å². The number of nitrogens with zero attached hydrogens (tertiary/aromatic N) is 3. The van der Waals surface area contributed by atoms with Crippen molar-refractivity contribution in [1.29, 1.82) is 0 Å². The molecule has 3 aromatic rings. The molecule has 2 aromatic carbocycles. The van der Waals surface area contributed by atoms with Crippen molar-refractivity contribution in [2.24, 2.45) is 11.0 Å². The highest BCUT2D eigenvalue weighted by molar-refractivity contribution is 9.10. The molecule has 152 valence electrons. The zero-order chi connectivity index (χ0) is 20.5. The quantitative estimate of drug-likeness (QED) is 0.223. The third-order valence-corrected chi connectivity index (χ3v) is 5.34. The van der Waals surface area contributed by atoms with Gasteiger partial charge in [0.25, 0.3) is 0 Å². The van der Waals surface area contributed by atoms with E-state index in [1.54, 1.807) is 18.0 Å². The molecule has 0 radical (unpaired) electrons. The molecule has 0 aliphatic rings.